The van der Waals surface area contributed by atoms with Crippen LogP contribution in [0.4, 0.5) is 5.13 Å². The summed E-state index contributed by atoms with van der Waals surface area (Å²) in [6.45, 7) is 3.90. The molecule has 0 aliphatic heterocycles. The number of nitrogens with one attached hydrogen (secondary N) is 1. The Balaban J connectivity index is 1.85. The summed E-state index contributed by atoms with van der Waals surface area (Å²) >= 11 is 2.46. The van der Waals surface area contributed by atoms with Gasteiger partial charge in [0.05, 0.1) is 11.8 Å². The van der Waals surface area contributed by atoms with Crippen LogP contribution in [0, 0.1) is 13.8 Å². The molecule has 3 aromatic rings. The molecule has 112 valence electrons. The molecule has 0 saturated carbocycles. The molecule has 0 atom stereocenters. The van der Waals surface area contributed by atoms with Crippen LogP contribution in [0.5, 0.6) is 0 Å². The van der Waals surface area contributed by atoms with Crippen molar-refractivity contribution in [2.45, 2.75) is 20.3 Å². The Hall–Kier alpha value is -2.05. The molecule has 0 spiro atoms. The highest BCUT2D eigenvalue weighted by Crippen LogP contribution is 2.28. The lowest BCUT2D eigenvalue weighted by Crippen LogP contribution is -2.15. The maximum atomic E-state index is 12.2. The van der Waals surface area contributed by atoms with Gasteiger partial charge in [-0.15, -0.1) is 11.3 Å². The molecule has 2 aromatic heterocycles. The van der Waals surface area contributed by atoms with E-state index in [0.717, 1.165) is 27.3 Å². The van der Waals surface area contributed by atoms with Gasteiger partial charge in [-0.25, -0.2) is 4.98 Å². The fourth-order valence-electron chi connectivity index (χ4n) is 2.18. The third-order valence-corrected chi connectivity index (χ3v) is 5.29. The van der Waals surface area contributed by atoms with Crippen LogP contribution in [0.2, 0.25) is 0 Å². The summed E-state index contributed by atoms with van der Waals surface area (Å²) in [4.78, 5) is 30.4. The molecule has 22 heavy (non-hydrogen) atoms. The first-order valence-corrected chi connectivity index (χ1v) is 8.42. The second-order valence-electron chi connectivity index (χ2n) is 4.98. The van der Waals surface area contributed by atoms with Crippen molar-refractivity contribution in [1.29, 1.82) is 0 Å². The predicted molar refractivity (Wildman–Crippen MR) is 92.0 cm³/mol. The third-order valence-electron chi connectivity index (χ3n) is 3.42. The van der Waals surface area contributed by atoms with Crippen molar-refractivity contribution in [1.82, 2.24) is 4.98 Å². The maximum absolute atomic E-state index is 12.2. The van der Waals surface area contributed by atoms with Crippen molar-refractivity contribution in [3.63, 3.8) is 0 Å². The van der Waals surface area contributed by atoms with Gasteiger partial charge in [-0.2, -0.15) is 0 Å². The summed E-state index contributed by atoms with van der Waals surface area (Å²) in [5, 5.41) is 3.76. The molecule has 1 aromatic carbocycles. The van der Waals surface area contributed by atoms with E-state index in [9.17, 15) is 9.59 Å². The van der Waals surface area contributed by atoms with Gasteiger partial charge in [0.1, 0.15) is 4.83 Å². The van der Waals surface area contributed by atoms with Crippen molar-refractivity contribution < 1.29 is 4.79 Å². The van der Waals surface area contributed by atoms with Crippen molar-refractivity contribution in [3.8, 4) is 0 Å². The van der Waals surface area contributed by atoms with Gasteiger partial charge >= 0.3 is 0 Å². The summed E-state index contributed by atoms with van der Waals surface area (Å²) in [7, 11) is 0. The van der Waals surface area contributed by atoms with Crippen LogP contribution in [0.25, 0.3) is 10.2 Å². The molecule has 0 saturated heterocycles. The van der Waals surface area contributed by atoms with Gasteiger partial charge < -0.3 is 5.32 Å². The zero-order chi connectivity index (χ0) is 15.7. The van der Waals surface area contributed by atoms with E-state index >= 15 is 0 Å². The molecule has 6 heteroatoms. The molecule has 0 aliphatic carbocycles. The fraction of sp³-hybridized carbons (Fsp3) is 0.188. The SMILES string of the molecule is Cc1sc2nc(NC(=O)Cc3ccccc3)sc(=O)c2c1C. The summed E-state index contributed by atoms with van der Waals surface area (Å²) in [5.41, 5.74) is 1.91. The molecular weight excluding hydrogens is 316 g/mol. The number of benzene rings is 1. The van der Waals surface area contributed by atoms with Crippen LogP contribution in [-0.4, -0.2) is 10.9 Å². The Morgan fingerprint density at radius 3 is 2.64 bits per heavy atom. The minimum Gasteiger partial charge on any atom is -0.302 e. The molecule has 0 unspecified atom stereocenters. The summed E-state index contributed by atoms with van der Waals surface area (Å²) in [5.74, 6) is -0.168. The van der Waals surface area contributed by atoms with E-state index in [0.29, 0.717) is 15.3 Å². The first-order valence-electron chi connectivity index (χ1n) is 6.79. The van der Waals surface area contributed by atoms with Gasteiger partial charge in [0.15, 0.2) is 5.13 Å². The Labute approximate surface area is 135 Å². The van der Waals surface area contributed by atoms with Gasteiger partial charge in [-0.05, 0) is 25.0 Å². The molecule has 3 rings (SSSR count). The average Bonchev–Trinajstić information content (AvgIpc) is 2.75. The standard InChI is InChI=1S/C16H14N2O2S2/c1-9-10(2)21-14-13(9)15(20)22-16(18-14)17-12(19)8-11-6-4-3-5-7-11/h3-7H,8H2,1-2H3,(H,17,18,19). The topological polar surface area (TPSA) is 59.1 Å². The number of fused-ring (bicyclic) bond motifs is 1. The third kappa shape index (κ3) is 2.93. The number of rotatable bonds is 3. The first-order chi connectivity index (χ1) is 10.5. The second kappa shape index (κ2) is 5.98. The average molecular weight is 330 g/mol. The number of hydrogen-bond donors (Lipinski definition) is 1. The van der Waals surface area contributed by atoms with Crippen molar-refractivity contribution >= 4 is 43.9 Å². The number of hydrogen-bond acceptors (Lipinski definition) is 5. The van der Waals surface area contributed by atoms with Crippen LogP contribution in [-0.2, 0) is 11.2 Å². The Morgan fingerprint density at radius 2 is 1.91 bits per heavy atom. The second-order valence-corrected chi connectivity index (χ2v) is 7.15. The molecule has 2 heterocycles. The molecular formula is C16H14N2O2S2. The van der Waals surface area contributed by atoms with Crippen LogP contribution < -0.4 is 10.1 Å². The number of anilines is 1. The van der Waals surface area contributed by atoms with Crippen molar-refractivity contribution in [2.75, 3.05) is 5.32 Å². The number of thiophene rings is 1. The molecule has 0 aliphatic rings. The zero-order valence-corrected chi connectivity index (χ0v) is 13.8. The maximum Gasteiger partial charge on any atom is 0.246 e. The van der Waals surface area contributed by atoms with E-state index in [-0.39, 0.29) is 17.1 Å². The van der Waals surface area contributed by atoms with Crippen LogP contribution in [0.15, 0.2) is 35.1 Å². The highest BCUT2D eigenvalue weighted by molar-refractivity contribution is 7.20. The number of aryl methyl sites for hydroxylation is 2. The van der Waals surface area contributed by atoms with E-state index < -0.39 is 0 Å². The van der Waals surface area contributed by atoms with E-state index in [2.05, 4.69) is 10.3 Å². The lowest BCUT2D eigenvalue weighted by molar-refractivity contribution is -0.115. The Bertz CT molecular complexity index is 898. The first kappa shape index (κ1) is 14.9. The summed E-state index contributed by atoms with van der Waals surface area (Å²) in [6.07, 6.45) is 0.268. The molecule has 4 nitrogen and oxygen atoms in total. The monoisotopic (exact) mass is 330 g/mol. The van der Waals surface area contributed by atoms with Crippen LogP contribution in [0.3, 0.4) is 0 Å². The summed E-state index contributed by atoms with van der Waals surface area (Å²) in [6, 6.07) is 9.48. The zero-order valence-electron chi connectivity index (χ0n) is 12.2. The summed E-state index contributed by atoms with van der Waals surface area (Å²) < 4.78 is -0.0538. The van der Waals surface area contributed by atoms with Crippen molar-refractivity contribution in [3.05, 3.63) is 55.9 Å². The molecule has 0 bridgehead atoms. The minimum atomic E-state index is -0.168. The largest absolute Gasteiger partial charge is 0.302 e. The highest BCUT2D eigenvalue weighted by atomic mass is 32.1. The number of nitrogens with zero attached hydrogens (tertiary/aromatic N) is 1. The normalized spacial score (nSPS) is 10.8. The Kier molecular flexibility index (Phi) is 4.04. The van der Waals surface area contributed by atoms with Gasteiger partial charge in [0, 0.05) is 4.88 Å². The minimum absolute atomic E-state index is 0.0538. The number of carbonyl (C=O) groups excluding carboxylic acids is 1. The molecule has 1 amide bonds. The van der Waals surface area contributed by atoms with Gasteiger partial charge in [0.25, 0.3) is 0 Å². The van der Waals surface area contributed by atoms with E-state index in [1.165, 1.54) is 11.3 Å². The molecule has 0 fully saturated rings. The fourth-order valence-corrected chi connectivity index (χ4v) is 4.16. The van der Waals surface area contributed by atoms with Crippen LogP contribution >= 0.6 is 22.7 Å². The number of amides is 1. The number of aromatic nitrogens is 1. The van der Waals surface area contributed by atoms with Gasteiger partial charge in [-0.3, -0.25) is 9.59 Å². The quantitative estimate of drug-likeness (QED) is 0.799. The molecule has 1 N–H and O–H groups in total. The predicted octanol–water partition coefficient (Wildman–Crippen LogP) is 3.52. The van der Waals surface area contributed by atoms with Crippen LogP contribution in [0.1, 0.15) is 16.0 Å². The van der Waals surface area contributed by atoms with Crippen molar-refractivity contribution in [2.24, 2.45) is 0 Å². The van der Waals surface area contributed by atoms with Gasteiger partial charge in [-0.1, -0.05) is 41.7 Å². The molecule has 0 radical (unpaired) electrons. The van der Waals surface area contributed by atoms with E-state index in [1.54, 1.807) is 0 Å². The Morgan fingerprint density at radius 1 is 1.18 bits per heavy atom. The lowest BCUT2D eigenvalue weighted by Gasteiger charge is -2.03. The van der Waals surface area contributed by atoms with E-state index in [4.69, 9.17) is 0 Å². The smallest absolute Gasteiger partial charge is 0.246 e. The number of carbonyl (C=O) groups is 1. The highest BCUT2D eigenvalue weighted by Gasteiger charge is 2.13. The van der Waals surface area contributed by atoms with E-state index in [1.807, 2.05) is 44.2 Å². The van der Waals surface area contributed by atoms with Gasteiger partial charge in [0.2, 0.25) is 10.6 Å². The lowest BCUT2D eigenvalue weighted by atomic mass is 10.1.